The summed E-state index contributed by atoms with van der Waals surface area (Å²) in [6, 6.07) is 7.61. The number of ketones is 1. The molecule has 1 fully saturated rings. The highest BCUT2D eigenvalue weighted by Gasteiger charge is 2.15. The van der Waals surface area contributed by atoms with Gasteiger partial charge in [0.1, 0.15) is 5.75 Å². The number of carbonyl (C=O) groups excluding carboxylic acids is 1. The van der Waals surface area contributed by atoms with Gasteiger partial charge in [-0.25, -0.2) is 0 Å². The van der Waals surface area contributed by atoms with Crippen LogP contribution in [0.1, 0.15) is 55.8 Å². The number of carbonyl (C=O) groups is 1. The van der Waals surface area contributed by atoms with Gasteiger partial charge in [0.25, 0.3) is 0 Å². The van der Waals surface area contributed by atoms with Crippen LogP contribution < -0.4 is 4.74 Å². The molecular weight excluding hydrogens is 224 g/mol. The molecule has 0 saturated heterocycles. The quantitative estimate of drug-likeness (QED) is 0.702. The first-order chi connectivity index (χ1) is 8.79. The van der Waals surface area contributed by atoms with Crippen LogP contribution in [0.25, 0.3) is 0 Å². The molecule has 1 aromatic rings. The Morgan fingerprint density at radius 3 is 2.83 bits per heavy atom. The van der Waals surface area contributed by atoms with Crippen LogP contribution in [0.4, 0.5) is 0 Å². The largest absolute Gasteiger partial charge is 0.493 e. The second-order valence-electron chi connectivity index (χ2n) is 5.16. The Morgan fingerprint density at radius 2 is 2.11 bits per heavy atom. The second-order valence-corrected chi connectivity index (χ2v) is 5.16. The topological polar surface area (TPSA) is 26.3 Å². The van der Waals surface area contributed by atoms with Crippen LogP contribution in [-0.2, 0) is 0 Å². The van der Waals surface area contributed by atoms with Crippen LogP contribution in [0.2, 0.25) is 0 Å². The Kier molecular flexibility index (Phi) is 4.80. The normalized spacial score (nSPS) is 15.8. The number of hydrogen-bond donors (Lipinski definition) is 0. The van der Waals surface area contributed by atoms with Crippen molar-refractivity contribution < 1.29 is 9.53 Å². The molecule has 0 unspecified atom stereocenters. The van der Waals surface area contributed by atoms with Crippen molar-refractivity contribution in [2.75, 3.05) is 6.61 Å². The summed E-state index contributed by atoms with van der Waals surface area (Å²) in [5.41, 5.74) is 0.778. The minimum atomic E-state index is 0.212. The lowest BCUT2D eigenvalue weighted by Crippen LogP contribution is -2.08. The van der Waals surface area contributed by atoms with E-state index in [4.69, 9.17) is 4.74 Å². The van der Waals surface area contributed by atoms with Gasteiger partial charge < -0.3 is 4.74 Å². The Labute approximate surface area is 109 Å². The van der Waals surface area contributed by atoms with Crippen molar-refractivity contribution in [3.63, 3.8) is 0 Å². The van der Waals surface area contributed by atoms with Gasteiger partial charge in [-0.3, -0.25) is 4.79 Å². The summed E-state index contributed by atoms with van der Waals surface area (Å²) in [4.78, 5) is 11.8. The smallest absolute Gasteiger partial charge is 0.162 e. The molecule has 0 heterocycles. The highest BCUT2D eigenvalue weighted by atomic mass is 16.5. The minimum Gasteiger partial charge on any atom is -0.493 e. The Bertz CT molecular complexity index is 392. The molecule has 0 atom stereocenters. The van der Waals surface area contributed by atoms with Gasteiger partial charge in [-0.2, -0.15) is 0 Å². The van der Waals surface area contributed by atoms with Gasteiger partial charge in [0.15, 0.2) is 5.78 Å². The fraction of sp³-hybridized carbons (Fsp3) is 0.562. The van der Waals surface area contributed by atoms with Crippen LogP contribution >= 0.6 is 0 Å². The van der Waals surface area contributed by atoms with Crippen molar-refractivity contribution in [1.82, 2.24) is 0 Å². The van der Waals surface area contributed by atoms with E-state index in [0.29, 0.717) is 12.3 Å². The first-order valence-electron chi connectivity index (χ1n) is 7.05. The van der Waals surface area contributed by atoms with Crippen LogP contribution in [0, 0.1) is 5.92 Å². The first kappa shape index (κ1) is 13.1. The maximum Gasteiger partial charge on any atom is 0.162 e. The number of benzene rings is 1. The lowest BCUT2D eigenvalue weighted by molar-refractivity contribution is 0.0981. The monoisotopic (exact) mass is 246 g/mol. The summed E-state index contributed by atoms with van der Waals surface area (Å²) in [6.45, 7) is 2.82. The van der Waals surface area contributed by atoms with E-state index in [2.05, 4.69) is 0 Å². The molecule has 98 valence electrons. The molecule has 0 bridgehead atoms. The van der Waals surface area contributed by atoms with Gasteiger partial charge in [-0.05, 0) is 37.3 Å². The van der Waals surface area contributed by atoms with E-state index in [0.717, 1.165) is 24.3 Å². The van der Waals surface area contributed by atoms with Crippen molar-refractivity contribution in [3.05, 3.63) is 29.8 Å². The highest BCUT2D eigenvalue weighted by Crippen LogP contribution is 2.25. The van der Waals surface area contributed by atoms with E-state index in [1.807, 2.05) is 31.2 Å². The lowest BCUT2D eigenvalue weighted by atomic mass is 10.1. The predicted molar refractivity (Wildman–Crippen MR) is 73.1 cm³/mol. The van der Waals surface area contributed by atoms with Crippen molar-refractivity contribution >= 4 is 5.78 Å². The van der Waals surface area contributed by atoms with Gasteiger partial charge in [-0.15, -0.1) is 0 Å². The van der Waals surface area contributed by atoms with Gasteiger partial charge in [0, 0.05) is 12.0 Å². The molecule has 0 radical (unpaired) electrons. The van der Waals surface area contributed by atoms with E-state index in [1.54, 1.807) is 0 Å². The van der Waals surface area contributed by atoms with Gasteiger partial charge >= 0.3 is 0 Å². The molecule has 18 heavy (non-hydrogen) atoms. The first-order valence-corrected chi connectivity index (χ1v) is 7.05. The third-order valence-electron chi connectivity index (χ3n) is 3.59. The summed E-state index contributed by atoms with van der Waals surface area (Å²) < 4.78 is 5.81. The van der Waals surface area contributed by atoms with Crippen molar-refractivity contribution in [2.45, 2.75) is 45.4 Å². The number of rotatable bonds is 6. The zero-order valence-electron chi connectivity index (χ0n) is 11.2. The zero-order valence-corrected chi connectivity index (χ0v) is 11.2. The molecule has 1 aliphatic rings. The van der Waals surface area contributed by atoms with E-state index < -0.39 is 0 Å². The highest BCUT2D eigenvalue weighted by molar-refractivity contribution is 5.96. The Morgan fingerprint density at radius 1 is 1.33 bits per heavy atom. The standard InChI is InChI=1S/C16H22O2/c1-2-6-16(17)14-9-5-10-15(11-14)18-12-13-7-3-4-8-13/h5,9-11,13H,2-4,6-8,12H2,1H3. The average Bonchev–Trinajstić information content (AvgIpc) is 2.90. The van der Waals surface area contributed by atoms with Gasteiger partial charge in [-0.1, -0.05) is 31.9 Å². The molecule has 1 saturated carbocycles. The molecule has 0 aliphatic heterocycles. The van der Waals surface area contributed by atoms with Crippen LogP contribution in [0.15, 0.2) is 24.3 Å². The molecule has 2 rings (SSSR count). The summed E-state index contributed by atoms with van der Waals surface area (Å²) in [6.07, 6.45) is 6.76. The zero-order chi connectivity index (χ0) is 12.8. The molecule has 1 aliphatic carbocycles. The number of hydrogen-bond acceptors (Lipinski definition) is 2. The van der Waals surface area contributed by atoms with E-state index in [9.17, 15) is 4.79 Å². The average molecular weight is 246 g/mol. The van der Waals surface area contributed by atoms with Gasteiger partial charge in [0.2, 0.25) is 0 Å². The van der Waals surface area contributed by atoms with Gasteiger partial charge in [0.05, 0.1) is 6.61 Å². The van der Waals surface area contributed by atoms with Crippen LogP contribution in [0.3, 0.4) is 0 Å². The number of Topliss-reactive ketones (excluding diaryl/α,β-unsaturated/α-hetero) is 1. The SMILES string of the molecule is CCCC(=O)c1cccc(OCC2CCCC2)c1. The van der Waals surface area contributed by atoms with E-state index >= 15 is 0 Å². The molecule has 0 aromatic heterocycles. The molecule has 2 heteroatoms. The number of ether oxygens (including phenoxy) is 1. The minimum absolute atomic E-state index is 0.212. The summed E-state index contributed by atoms with van der Waals surface area (Å²) in [5.74, 6) is 1.76. The van der Waals surface area contributed by atoms with Crippen molar-refractivity contribution in [1.29, 1.82) is 0 Å². The molecule has 2 nitrogen and oxygen atoms in total. The Balaban J connectivity index is 1.91. The third kappa shape index (κ3) is 3.59. The third-order valence-corrected chi connectivity index (χ3v) is 3.59. The predicted octanol–water partition coefficient (Wildman–Crippen LogP) is 4.24. The van der Waals surface area contributed by atoms with Crippen LogP contribution in [-0.4, -0.2) is 12.4 Å². The van der Waals surface area contributed by atoms with E-state index in [-0.39, 0.29) is 5.78 Å². The maximum atomic E-state index is 11.8. The van der Waals surface area contributed by atoms with Crippen molar-refractivity contribution in [2.24, 2.45) is 5.92 Å². The molecule has 0 N–H and O–H groups in total. The molecule has 1 aromatic carbocycles. The summed E-state index contributed by atoms with van der Waals surface area (Å²) in [5, 5.41) is 0. The molecule has 0 spiro atoms. The second kappa shape index (κ2) is 6.58. The molecule has 0 amide bonds. The van der Waals surface area contributed by atoms with Crippen LogP contribution in [0.5, 0.6) is 5.75 Å². The fourth-order valence-corrected chi connectivity index (χ4v) is 2.52. The van der Waals surface area contributed by atoms with Crippen molar-refractivity contribution in [3.8, 4) is 5.75 Å². The van der Waals surface area contributed by atoms with E-state index in [1.165, 1.54) is 25.7 Å². The lowest BCUT2D eigenvalue weighted by Gasteiger charge is -2.11. The maximum absolute atomic E-state index is 11.8. The fourth-order valence-electron chi connectivity index (χ4n) is 2.52. The summed E-state index contributed by atoms with van der Waals surface area (Å²) >= 11 is 0. The summed E-state index contributed by atoms with van der Waals surface area (Å²) in [7, 11) is 0. The Hall–Kier alpha value is -1.31. The molecular formula is C16H22O2.